The zero-order valence-corrected chi connectivity index (χ0v) is 13.6. The Morgan fingerprint density at radius 2 is 2.04 bits per heavy atom. The van der Waals surface area contributed by atoms with E-state index in [2.05, 4.69) is 24.4 Å². The van der Waals surface area contributed by atoms with Crippen molar-refractivity contribution < 1.29 is 4.79 Å². The Morgan fingerprint density at radius 3 is 2.83 bits per heavy atom. The lowest BCUT2D eigenvalue weighted by Crippen LogP contribution is -2.12. The standard InChI is InChI=1S/C19H16N2OS/c1-2-6-16-15-9-3-4-10-17(15)23-18(16)19(22)21-14-8-5-7-13(11-14)12-20/h3-5,7-11H,2,6H2,1H3,(H,21,22). The second-order valence-corrected chi connectivity index (χ2v) is 6.35. The Hall–Kier alpha value is -2.64. The molecule has 0 spiro atoms. The van der Waals surface area contributed by atoms with Crippen molar-refractivity contribution in [3.05, 3.63) is 64.5 Å². The smallest absolute Gasteiger partial charge is 0.266 e. The third-order valence-corrected chi connectivity index (χ3v) is 4.87. The number of rotatable bonds is 4. The van der Waals surface area contributed by atoms with Crippen molar-refractivity contribution in [2.45, 2.75) is 19.8 Å². The third-order valence-electron chi connectivity index (χ3n) is 3.65. The quantitative estimate of drug-likeness (QED) is 0.737. The molecule has 0 aliphatic heterocycles. The number of nitrogens with zero attached hydrogens (tertiary/aromatic N) is 1. The second kappa shape index (κ2) is 6.64. The highest BCUT2D eigenvalue weighted by molar-refractivity contribution is 7.21. The molecule has 3 aromatic rings. The number of amides is 1. The molecule has 0 saturated heterocycles. The van der Waals surface area contributed by atoms with Gasteiger partial charge in [-0.25, -0.2) is 0 Å². The highest BCUT2D eigenvalue weighted by Crippen LogP contribution is 2.32. The fraction of sp³-hybridized carbons (Fsp3) is 0.158. The van der Waals surface area contributed by atoms with Crippen molar-refractivity contribution in [2.24, 2.45) is 0 Å². The van der Waals surface area contributed by atoms with Crippen LogP contribution in [0.1, 0.15) is 34.1 Å². The maximum Gasteiger partial charge on any atom is 0.266 e. The van der Waals surface area contributed by atoms with Gasteiger partial charge in [-0.3, -0.25) is 4.79 Å². The van der Waals surface area contributed by atoms with Crippen LogP contribution in [0.3, 0.4) is 0 Å². The van der Waals surface area contributed by atoms with E-state index in [1.807, 2.05) is 18.2 Å². The van der Waals surface area contributed by atoms with Crippen LogP contribution in [-0.2, 0) is 6.42 Å². The Bertz CT molecular complexity index is 905. The second-order valence-electron chi connectivity index (χ2n) is 5.30. The van der Waals surface area contributed by atoms with E-state index < -0.39 is 0 Å². The lowest BCUT2D eigenvalue weighted by molar-refractivity contribution is 0.103. The summed E-state index contributed by atoms with van der Waals surface area (Å²) in [4.78, 5) is 13.5. The Morgan fingerprint density at radius 1 is 1.22 bits per heavy atom. The zero-order valence-electron chi connectivity index (χ0n) is 12.8. The van der Waals surface area contributed by atoms with Crippen LogP contribution in [0.4, 0.5) is 5.69 Å². The molecule has 23 heavy (non-hydrogen) atoms. The van der Waals surface area contributed by atoms with Crippen LogP contribution in [0.5, 0.6) is 0 Å². The topological polar surface area (TPSA) is 52.9 Å². The molecule has 0 aliphatic rings. The molecule has 0 saturated carbocycles. The summed E-state index contributed by atoms with van der Waals surface area (Å²) in [6.07, 6.45) is 1.87. The molecule has 1 amide bonds. The lowest BCUT2D eigenvalue weighted by Gasteiger charge is -2.06. The molecule has 1 N–H and O–H groups in total. The number of benzene rings is 2. The van der Waals surface area contributed by atoms with Gasteiger partial charge in [0, 0.05) is 10.4 Å². The van der Waals surface area contributed by atoms with Gasteiger partial charge in [0.1, 0.15) is 0 Å². The lowest BCUT2D eigenvalue weighted by atomic mass is 10.1. The van der Waals surface area contributed by atoms with Crippen molar-refractivity contribution in [1.82, 2.24) is 0 Å². The normalized spacial score (nSPS) is 10.4. The number of carbonyl (C=O) groups excluding carboxylic acids is 1. The number of fused-ring (bicyclic) bond motifs is 1. The first kappa shape index (κ1) is 15.3. The molecule has 3 rings (SSSR count). The fourth-order valence-electron chi connectivity index (χ4n) is 2.63. The molecule has 3 nitrogen and oxygen atoms in total. The SMILES string of the molecule is CCCc1c(C(=O)Nc2cccc(C#N)c2)sc2ccccc12. The van der Waals surface area contributed by atoms with Crippen molar-refractivity contribution in [1.29, 1.82) is 5.26 Å². The number of hydrogen-bond acceptors (Lipinski definition) is 3. The number of nitriles is 1. The molecule has 0 bridgehead atoms. The van der Waals surface area contributed by atoms with E-state index in [1.165, 1.54) is 11.3 Å². The molecule has 0 atom stereocenters. The first-order chi connectivity index (χ1) is 11.2. The van der Waals surface area contributed by atoms with Gasteiger partial charge >= 0.3 is 0 Å². The molecular weight excluding hydrogens is 304 g/mol. The largest absolute Gasteiger partial charge is 0.321 e. The van der Waals surface area contributed by atoms with Gasteiger partial charge in [-0.05, 0) is 41.6 Å². The van der Waals surface area contributed by atoms with Crippen LogP contribution in [0, 0.1) is 11.3 Å². The van der Waals surface area contributed by atoms with E-state index in [0.29, 0.717) is 11.3 Å². The van der Waals surface area contributed by atoms with Gasteiger partial charge in [-0.15, -0.1) is 11.3 Å². The van der Waals surface area contributed by atoms with Gasteiger partial charge in [-0.1, -0.05) is 37.6 Å². The van der Waals surface area contributed by atoms with Crippen LogP contribution in [0.25, 0.3) is 10.1 Å². The van der Waals surface area contributed by atoms with E-state index in [-0.39, 0.29) is 5.91 Å². The highest BCUT2D eigenvalue weighted by atomic mass is 32.1. The molecule has 1 heterocycles. The fourth-order valence-corrected chi connectivity index (χ4v) is 3.78. The van der Waals surface area contributed by atoms with Crippen LogP contribution in [0.15, 0.2) is 48.5 Å². The Balaban J connectivity index is 1.97. The minimum Gasteiger partial charge on any atom is -0.321 e. The van der Waals surface area contributed by atoms with Crippen molar-refractivity contribution in [2.75, 3.05) is 5.32 Å². The first-order valence-electron chi connectivity index (χ1n) is 7.55. The van der Waals surface area contributed by atoms with Gasteiger partial charge in [0.05, 0.1) is 16.5 Å². The minimum atomic E-state index is -0.107. The molecule has 0 aliphatic carbocycles. The summed E-state index contributed by atoms with van der Waals surface area (Å²) in [5, 5.41) is 13.0. The monoisotopic (exact) mass is 320 g/mol. The van der Waals surface area contributed by atoms with Gasteiger partial charge in [0.25, 0.3) is 5.91 Å². The summed E-state index contributed by atoms with van der Waals surface area (Å²) in [5.74, 6) is -0.107. The number of thiophene rings is 1. The van der Waals surface area contributed by atoms with Crippen molar-refractivity contribution >= 4 is 33.0 Å². The number of hydrogen-bond donors (Lipinski definition) is 1. The van der Waals surface area contributed by atoms with Crippen LogP contribution in [-0.4, -0.2) is 5.91 Å². The van der Waals surface area contributed by atoms with Crippen molar-refractivity contribution in [3.8, 4) is 6.07 Å². The predicted molar refractivity (Wildman–Crippen MR) is 94.9 cm³/mol. The maximum absolute atomic E-state index is 12.7. The summed E-state index contributed by atoms with van der Waals surface area (Å²) in [7, 11) is 0. The van der Waals surface area contributed by atoms with Crippen LogP contribution in [0.2, 0.25) is 0 Å². The van der Waals surface area contributed by atoms with E-state index >= 15 is 0 Å². The van der Waals surface area contributed by atoms with Gasteiger partial charge in [-0.2, -0.15) is 5.26 Å². The molecule has 114 valence electrons. The zero-order chi connectivity index (χ0) is 16.2. The minimum absolute atomic E-state index is 0.107. The number of nitrogens with one attached hydrogen (secondary N) is 1. The summed E-state index contributed by atoms with van der Waals surface area (Å²) >= 11 is 1.52. The molecular formula is C19H16N2OS. The van der Waals surface area contributed by atoms with E-state index in [4.69, 9.17) is 5.26 Å². The van der Waals surface area contributed by atoms with E-state index in [9.17, 15) is 4.79 Å². The summed E-state index contributed by atoms with van der Waals surface area (Å²) in [5.41, 5.74) is 2.30. The Kier molecular flexibility index (Phi) is 4.40. The number of carbonyl (C=O) groups is 1. The first-order valence-corrected chi connectivity index (χ1v) is 8.36. The molecule has 0 unspecified atom stereocenters. The van der Waals surface area contributed by atoms with Crippen LogP contribution >= 0.6 is 11.3 Å². The van der Waals surface area contributed by atoms with Gasteiger partial charge in [0.2, 0.25) is 0 Å². The van der Waals surface area contributed by atoms with Crippen molar-refractivity contribution in [3.63, 3.8) is 0 Å². The van der Waals surface area contributed by atoms with Crippen LogP contribution < -0.4 is 5.32 Å². The van der Waals surface area contributed by atoms with Gasteiger partial charge in [0.15, 0.2) is 0 Å². The summed E-state index contributed by atoms with van der Waals surface area (Å²) in [6, 6.07) is 17.2. The molecule has 2 aromatic carbocycles. The number of anilines is 1. The molecule has 0 fully saturated rings. The van der Waals surface area contributed by atoms with Gasteiger partial charge < -0.3 is 5.32 Å². The van der Waals surface area contributed by atoms with E-state index in [1.54, 1.807) is 24.3 Å². The number of aryl methyl sites for hydroxylation is 1. The molecule has 0 radical (unpaired) electrons. The predicted octanol–water partition coefficient (Wildman–Crippen LogP) is 4.98. The molecule has 1 aromatic heterocycles. The third kappa shape index (κ3) is 3.10. The Labute approximate surface area is 139 Å². The molecule has 4 heteroatoms. The highest BCUT2D eigenvalue weighted by Gasteiger charge is 2.17. The summed E-state index contributed by atoms with van der Waals surface area (Å²) in [6.45, 7) is 2.12. The van der Waals surface area contributed by atoms with E-state index in [0.717, 1.165) is 33.4 Å². The maximum atomic E-state index is 12.7. The average Bonchev–Trinajstić information content (AvgIpc) is 2.94. The summed E-state index contributed by atoms with van der Waals surface area (Å²) < 4.78 is 1.13. The average molecular weight is 320 g/mol.